The van der Waals surface area contributed by atoms with Crippen LogP contribution in [0.25, 0.3) is 0 Å². The highest BCUT2D eigenvalue weighted by Gasteiger charge is 2.04. The average molecular weight is 210 g/mol. The monoisotopic (exact) mass is 210 g/mol. The van der Waals surface area contributed by atoms with Crippen LogP contribution in [-0.4, -0.2) is 31.3 Å². The fraction of sp³-hybridized carbons (Fsp3) is 0.545. The summed E-state index contributed by atoms with van der Waals surface area (Å²) in [6.45, 7) is 5.22. The molecule has 84 valence electrons. The molecule has 0 spiro atoms. The largest absolute Gasteiger partial charge is 0.472 e. The first-order chi connectivity index (χ1) is 7.26. The molecule has 1 heterocycles. The van der Waals surface area contributed by atoms with Crippen LogP contribution in [0.5, 0.6) is 5.88 Å². The van der Waals surface area contributed by atoms with Crippen molar-refractivity contribution in [3.8, 4) is 5.88 Å². The molecular formula is C11H18N2O2. The third-order valence-electron chi connectivity index (χ3n) is 1.86. The summed E-state index contributed by atoms with van der Waals surface area (Å²) in [7, 11) is 1.83. The molecule has 0 saturated heterocycles. The van der Waals surface area contributed by atoms with E-state index in [0.717, 1.165) is 5.82 Å². The predicted octanol–water partition coefficient (Wildman–Crippen LogP) is 1.93. The van der Waals surface area contributed by atoms with Gasteiger partial charge in [-0.2, -0.15) is 4.98 Å². The number of hydrogen-bond acceptors (Lipinski definition) is 4. The van der Waals surface area contributed by atoms with Crippen LogP contribution in [0.4, 0.5) is 5.82 Å². The van der Waals surface area contributed by atoms with Gasteiger partial charge in [-0.3, -0.25) is 0 Å². The third kappa shape index (κ3) is 4.16. The van der Waals surface area contributed by atoms with Crippen molar-refractivity contribution in [3.05, 3.63) is 18.2 Å². The lowest BCUT2D eigenvalue weighted by Crippen LogP contribution is -2.19. The average Bonchev–Trinajstić information content (AvgIpc) is 2.26. The van der Waals surface area contributed by atoms with Crippen molar-refractivity contribution in [1.82, 2.24) is 4.98 Å². The molecule has 0 aliphatic rings. The predicted molar refractivity (Wildman–Crippen MR) is 60.4 cm³/mol. The Hall–Kier alpha value is -1.29. The van der Waals surface area contributed by atoms with Crippen molar-refractivity contribution < 1.29 is 9.47 Å². The number of ether oxygens (including phenoxy) is 2. The van der Waals surface area contributed by atoms with Crippen LogP contribution in [0.2, 0.25) is 0 Å². The Bertz CT molecular complexity index is 292. The van der Waals surface area contributed by atoms with Gasteiger partial charge in [0.2, 0.25) is 5.88 Å². The molecule has 1 aromatic rings. The van der Waals surface area contributed by atoms with Gasteiger partial charge >= 0.3 is 0 Å². The maximum absolute atomic E-state index is 5.58. The van der Waals surface area contributed by atoms with Crippen LogP contribution in [0, 0.1) is 0 Å². The molecule has 0 aliphatic carbocycles. The van der Waals surface area contributed by atoms with E-state index in [1.165, 1.54) is 0 Å². The number of rotatable bonds is 6. The molecule has 1 aromatic heterocycles. The molecule has 1 N–H and O–H groups in total. The van der Waals surface area contributed by atoms with E-state index in [0.29, 0.717) is 19.1 Å². The molecule has 1 atom stereocenters. The maximum Gasteiger partial charge on any atom is 0.215 e. The minimum absolute atomic E-state index is 0.0181. The zero-order chi connectivity index (χ0) is 11.1. The summed E-state index contributed by atoms with van der Waals surface area (Å²) in [5, 5.41) is 2.96. The first-order valence-corrected chi connectivity index (χ1v) is 5.15. The summed E-state index contributed by atoms with van der Waals surface area (Å²) >= 11 is 0. The quantitative estimate of drug-likeness (QED) is 0.779. The number of nitrogens with one attached hydrogen (secondary N) is 1. The van der Waals surface area contributed by atoms with Gasteiger partial charge in [-0.15, -0.1) is 0 Å². The van der Waals surface area contributed by atoms with Gasteiger partial charge in [0.05, 0.1) is 6.61 Å². The Balaban J connectivity index is 2.48. The SMILES string of the molecule is CCOCC(C)Oc1cccc(NC)n1. The highest BCUT2D eigenvalue weighted by molar-refractivity contribution is 5.36. The Morgan fingerprint density at radius 3 is 2.93 bits per heavy atom. The molecule has 0 amide bonds. The second kappa shape index (κ2) is 6.24. The van der Waals surface area contributed by atoms with Crippen LogP contribution in [-0.2, 0) is 4.74 Å². The first-order valence-electron chi connectivity index (χ1n) is 5.15. The minimum atomic E-state index is 0.0181. The first kappa shape index (κ1) is 11.8. The second-order valence-corrected chi connectivity index (χ2v) is 3.20. The minimum Gasteiger partial charge on any atom is -0.472 e. The van der Waals surface area contributed by atoms with E-state index < -0.39 is 0 Å². The smallest absolute Gasteiger partial charge is 0.215 e. The molecular weight excluding hydrogens is 192 g/mol. The number of anilines is 1. The van der Waals surface area contributed by atoms with Gasteiger partial charge in [0.1, 0.15) is 11.9 Å². The second-order valence-electron chi connectivity index (χ2n) is 3.20. The number of hydrogen-bond donors (Lipinski definition) is 1. The van der Waals surface area contributed by atoms with Crippen LogP contribution in [0.1, 0.15) is 13.8 Å². The molecule has 0 saturated carbocycles. The molecule has 0 radical (unpaired) electrons. The maximum atomic E-state index is 5.58. The van der Waals surface area contributed by atoms with E-state index in [9.17, 15) is 0 Å². The van der Waals surface area contributed by atoms with Crippen molar-refractivity contribution >= 4 is 5.82 Å². The number of pyridine rings is 1. The summed E-state index contributed by atoms with van der Waals surface area (Å²) in [6, 6.07) is 5.63. The van der Waals surface area contributed by atoms with Gasteiger partial charge in [0.15, 0.2) is 0 Å². The lowest BCUT2D eigenvalue weighted by molar-refractivity contribution is 0.0634. The standard InChI is InChI=1S/C11H18N2O2/c1-4-14-8-9(2)15-11-7-5-6-10(12-3)13-11/h5-7,9H,4,8H2,1-3H3,(H,12,13). The molecule has 0 aromatic carbocycles. The normalized spacial score (nSPS) is 12.2. The van der Waals surface area contributed by atoms with Gasteiger partial charge in [-0.25, -0.2) is 0 Å². The zero-order valence-electron chi connectivity index (χ0n) is 9.49. The van der Waals surface area contributed by atoms with E-state index in [1.54, 1.807) is 0 Å². The molecule has 4 nitrogen and oxygen atoms in total. The van der Waals surface area contributed by atoms with Crippen LogP contribution in [0.15, 0.2) is 18.2 Å². The van der Waals surface area contributed by atoms with E-state index in [2.05, 4.69) is 10.3 Å². The molecule has 0 aliphatic heterocycles. The lowest BCUT2D eigenvalue weighted by Gasteiger charge is -2.13. The highest BCUT2D eigenvalue weighted by atomic mass is 16.5. The molecule has 0 bridgehead atoms. The fourth-order valence-corrected chi connectivity index (χ4v) is 1.14. The molecule has 15 heavy (non-hydrogen) atoms. The fourth-order valence-electron chi connectivity index (χ4n) is 1.14. The van der Waals surface area contributed by atoms with Crippen molar-refractivity contribution in [1.29, 1.82) is 0 Å². The summed E-state index contributed by atoms with van der Waals surface area (Å²) in [4.78, 5) is 4.25. The third-order valence-corrected chi connectivity index (χ3v) is 1.86. The molecule has 1 unspecified atom stereocenters. The van der Waals surface area contributed by atoms with Gasteiger partial charge in [0, 0.05) is 19.7 Å². The highest BCUT2D eigenvalue weighted by Crippen LogP contribution is 2.12. The van der Waals surface area contributed by atoms with Gasteiger partial charge in [0.25, 0.3) is 0 Å². The van der Waals surface area contributed by atoms with Crippen molar-refractivity contribution in [2.45, 2.75) is 20.0 Å². The van der Waals surface area contributed by atoms with Crippen LogP contribution in [0.3, 0.4) is 0 Å². The summed E-state index contributed by atoms with van der Waals surface area (Å²) < 4.78 is 10.8. The van der Waals surface area contributed by atoms with Gasteiger partial charge < -0.3 is 14.8 Å². The number of aromatic nitrogens is 1. The molecule has 1 rings (SSSR count). The van der Waals surface area contributed by atoms with Crippen molar-refractivity contribution in [2.24, 2.45) is 0 Å². The summed E-state index contributed by atoms with van der Waals surface area (Å²) in [5.41, 5.74) is 0. The van der Waals surface area contributed by atoms with E-state index in [1.807, 2.05) is 39.1 Å². The van der Waals surface area contributed by atoms with Crippen LogP contribution >= 0.6 is 0 Å². The Morgan fingerprint density at radius 2 is 2.27 bits per heavy atom. The Morgan fingerprint density at radius 1 is 1.47 bits per heavy atom. The number of nitrogens with zero attached hydrogens (tertiary/aromatic N) is 1. The van der Waals surface area contributed by atoms with Crippen molar-refractivity contribution in [3.63, 3.8) is 0 Å². The summed E-state index contributed by atoms with van der Waals surface area (Å²) in [5.74, 6) is 1.42. The van der Waals surface area contributed by atoms with Gasteiger partial charge in [-0.1, -0.05) is 6.07 Å². The Kier molecular flexibility index (Phi) is 4.90. The van der Waals surface area contributed by atoms with E-state index in [4.69, 9.17) is 9.47 Å². The zero-order valence-corrected chi connectivity index (χ0v) is 9.49. The topological polar surface area (TPSA) is 43.4 Å². The molecule has 4 heteroatoms. The van der Waals surface area contributed by atoms with E-state index >= 15 is 0 Å². The Labute approximate surface area is 90.6 Å². The van der Waals surface area contributed by atoms with Crippen LogP contribution < -0.4 is 10.1 Å². The van der Waals surface area contributed by atoms with Crippen molar-refractivity contribution in [2.75, 3.05) is 25.6 Å². The van der Waals surface area contributed by atoms with E-state index in [-0.39, 0.29) is 6.10 Å². The van der Waals surface area contributed by atoms with Gasteiger partial charge in [-0.05, 0) is 19.9 Å². The summed E-state index contributed by atoms with van der Waals surface area (Å²) in [6.07, 6.45) is 0.0181. The molecule has 0 fully saturated rings. The lowest BCUT2D eigenvalue weighted by atomic mass is 10.4.